The number of halogens is 1. The van der Waals surface area contributed by atoms with Crippen LogP contribution in [-0.2, 0) is 4.79 Å². The van der Waals surface area contributed by atoms with E-state index in [1.807, 2.05) is 30.3 Å². The van der Waals surface area contributed by atoms with Gasteiger partial charge in [0.25, 0.3) is 5.97 Å². The summed E-state index contributed by atoms with van der Waals surface area (Å²) >= 11 is 5.70. The molecular weight excluding hydrogens is 228 g/mol. The van der Waals surface area contributed by atoms with Crippen molar-refractivity contribution in [3.63, 3.8) is 0 Å². The fourth-order valence-corrected chi connectivity index (χ4v) is 0.950. The average molecular weight is 243 g/mol. The van der Waals surface area contributed by atoms with E-state index >= 15 is 0 Å². The molecular formula is C12H15ClO3. The van der Waals surface area contributed by atoms with Crippen molar-refractivity contribution in [3.05, 3.63) is 40.9 Å². The maximum atomic E-state index is 9.00. The Labute approximate surface area is 100.0 Å². The maximum absolute atomic E-state index is 9.00. The van der Waals surface area contributed by atoms with Crippen molar-refractivity contribution in [2.75, 3.05) is 0 Å². The van der Waals surface area contributed by atoms with Crippen molar-refractivity contribution < 1.29 is 15.0 Å². The largest absolute Gasteiger partial charge is 0.481 e. The van der Waals surface area contributed by atoms with Crippen LogP contribution in [0.25, 0.3) is 6.08 Å². The molecule has 0 saturated carbocycles. The van der Waals surface area contributed by atoms with Crippen LogP contribution >= 0.6 is 11.6 Å². The van der Waals surface area contributed by atoms with Gasteiger partial charge in [-0.2, -0.15) is 0 Å². The molecule has 1 rings (SSSR count). The number of rotatable bonds is 2. The number of aliphatic carboxylic acids is 1. The highest BCUT2D eigenvalue weighted by Crippen LogP contribution is 2.10. The topological polar surface area (TPSA) is 57.5 Å². The molecule has 16 heavy (non-hydrogen) atoms. The molecule has 3 nitrogen and oxygen atoms in total. The molecule has 0 aliphatic heterocycles. The molecule has 0 amide bonds. The quantitative estimate of drug-likeness (QED) is 0.839. The second-order valence-corrected chi connectivity index (χ2v) is 3.61. The van der Waals surface area contributed by atoms with Crippen LogP contribution in [0.5, 0.6) is 0 Å². The summed E-state index contributed by atoms with van der Waals surface area (Å²) in [7, 11) is 0. The first-order valence-electron chi connectivity index (χ1n) is 4.73. The summed E-state index contributed by atoms with van der Waals surface area (Å²) in [5, 5.41) is 17.1. The first-order chi connectivity index (χ1) is 7.41. The van der Waals surface area contributed by atoms with E-state index in [0.29, 0.717) is 0 Å². The molecule has 0 spiro atoms. The Bertz CT molecular complexity index is 338. The van der Waals surface area contributed by atoms with Crippen molar-refractivity contribution >= 4 is 23.6 Å². The molecule has 0 radical (unpaired) electrons. The van der Waals surface area contributed by atoms with Crippen LogP contribution < -0.4 is 0 Å². The first kappa shape index (κ1) is 14.7. The van der Waals surface area contributed by atoms with Crippen molar-refractivity contribution in [1.82, 2.24) is 0 Å². The van der Waals surface area contributed by atoms with Gasteiger partial charge in [-0.1, -0.05) is 35.9 Å². The normalized spacial score (nSPS) is 11.8. The van der Waals surface area contributed by atoms with E-state index in [1.165, 1.54) is 0 Å². The van der Waals surface area contributed by atoms with E-state index in [1.54, 1.807) is 13.0 Å². The lowest BCUT2D eigenvalue weighted by atomic mass is 10.2. The van der Waals surface area contributed by atoms with Gasteiger partial charge in [-0.15, -0.1) is 0 Å². The molecule has 1 aromatic carbocycles. The summed E-state index contributed by atoms with van der Waals surface area (Å²) in [6.45, 7) is 2.80. The van der Waals surface area contributed by atoms with Crippen molar-refractivity contribution in [2.45, 2.75) is 20.0 Å². The predicted molar refractivity (Wildman–Crippen MR) is 65.5 cm³/mol. The molecule has 0 bridgehead atoms. The molecule has 0 aromatic heterocycles. The molecule has 0 fully saturated rings. The minimum Gasteiger partial charge on any atom is -0.481 e. The third-order valence-electron chi connectivity index (χ3n) is 1.44. The van der Waals surface area contributed by atoms with E-state index in [2.05, 4.69) is 0 Å². The van der Waals surface area contributed by atoms with Crippen LogP contribution in [0.3, 0.4) is 0 Å². The zero-order valence-electron chi connectivity index (χ0n) is 9.22. The van der Waals surface area contributed by atoms with Gasteiger partial charge in [-0.05, 0) is 24.6 Å². The summed E-state index contributed by atoms with van der Waals surface area (Å²) < 4.78 is 0. The third-order valence-corrected chi connectivity index (χ3v) is 1.69. The zero-order chi connectivity index (χ0) is 12.6. The number of aliphatic hydroxyl groups excluding tert-OH is 1. The minimum atomic E-state index is -0.833. The Morgan fingerprint density at radius 1 is 1.38 bits per heavy atom. The lowest BCUT2D eigenvalue weighted by Crippen LogP contribution is -1.90. The van der Waals surface area contributed by atoms with Crippen LogP contribution in [0.15, 0.2) is 30.3 Å². The summed E-state index contributed by atoms with van der Waals surface area (Å²) in [5.74, 6) is -0.833. The van der Waals surface area contributed by atoms with Gasteiger partial charge < -0.3 is 10.2 Å². The van der Waals surface area contributed by atoms with Gasteiger partial charge in [0, 0.05) is 11.9 Å². The standard InChI is InChI=1S/C10H11ClO.C2H4O2/c1-8(12)2-3-9-4-6-10(11)7-5-9;1-2(3)4/h2-8,12H,1H3;1H3,(H,3,4)/t8-;/m1./s1. The summed E-state index contributed by atoms with van der Waals surface area (Å²) in [4.78, 5) is 9.00. The van der Waals surface area contributed by atoms with Gasteiger partial charge in [0.05, 0.1) is 6.10 Å². The molecule has 0 saturated heterocycles. The van der Waals surface area contributed by atoms with E-state index < -0.39 is 12.1 Å². The fourth-order valence-electron chi connectivity index (χ4n) is 0.824. The van der Waals surface area contributed by atoms with Gasteiger partial charge in [0.1, 0.15) is 0 Å². The van der Waals surface area contributed by atoms with Crippen LogP contribution in [0.2, 0.25) is 5.02 Å². The van der Waals surface area contributed by atoms with Crippen LogP contribution in [-0.4, -0.2) is 22.3 Å². The van der Waals surface area contributed by atoms with Crippen LogP contribution in [0.4, 0.5) is 0 Å². The number of carbonyl (C=O) groups is 1. The number of carboxylic acid groups (broad SMARTS) is 1. The number of hydrogen-bond donors (Lipinski definition) is 2. The van der Waals surface area contributed by atoms with Gasteiger partial charge in [-0.3, -0.25) is 4.79 Å². The summed E-state index contributed by atoms with van der Waals surface area (Å²) in [6.07, 6.45) is 3.19. The monoisotopic (exact) mass is 242 g/mol. The van der Waals surface area contributed by atoms with Gasteiger partial charge in [0.2, 0.25) is 0 Å². The highest BCUT2D eigenvalue weighted by molar-refractivity contribution is 6.30. The zero-order valence-corrected chi connectivity index (χ0v) is 9.98. The molecule has 0 heterocycles. The molecule has 0 unspecified atom stereocenters. The molecule has 4 heteroatoms. The van der Waals surface area contributed by atoms with Crippen LogP contribution in [0, 0.1) is 0 Å². The first-order valence-corrected chi connectivity index (χ1v) is 5.11. The Morgan fingerprint density at radius 3 is 2.19 bits per heavy atom. The fraction of sp³-hybridized carbons (Fsp3) is 0.250. The Kier molecular flexibility index (Phi) is 7.25. The SMILES string of the molecule is CC(=O)O.C[C@@H](O)C=Cc1ccc(Cl)cc1. The minimum absolute atomic E-state index is 0.402. The van der Waals surface area contributed by atoms with Crippen molar-refractivity contribution in [3.8, 4) is 0 Å². The van der Waals surface area contributed by atoms with E-state index in [0.717, 1.165) is 17.5 Å². The van der Waals surface area contributed by atoms with E-state index in [-0.39, 0.29) is 0 Å². The highest BCUT2D eigenvalue weighted by Gasteiger charge is 1.88. The maximum Gasteiger partial charge on any atom is 0.300 e. The molecule has 0 aliphatic carbocycles. The number of aliphatic hydroxyl groups is 1. The second-order valence-electron chi connectivity index (χ2n) is 3.17. The number of hydrogen-bond acceptors (Lipinski definition) is 2. The van der Waals surface area contributed by atoms with Gasteiger partial charge in [0.15, 0.2) is 0 Å². The Hall–Kier alpha value is -1.32. The Balaban J connectivity index is 0.000000487. The predicted octanol–water partition coefficient (Wildman–Crippen LogP) is 2.82. The van der Waals surface area contributed by atoms with E-state index in [4.69, 9.17) is 26.6 Å². The number of carboxylic acids is 1. The highest BCUT2D eigenvalue weighted by atomic mass is 35.5. The summed E-state index contributed by atoms with van der Waals surface area (Å²) in [6, 6.07) is 7.45. The smallest absolute Gasteiger partial charge is 0.300 e. The molecule has 1 aromatic rings. The molecule has 2 N–H and O–H groups in total. The van der Waals surface area contributed by atoms with Crippen LogP contribution in [0.1, 0.15) is 19.4 Å². The second kappa shape index (κ2) is 7.91. The summed E-state index contributed by atoms with van der Waals surface area (Å²) in [5.41, 5.74) is 1.04. The van der Waals surface area contributed by atoms with Gasteiger partial charge >= 0.3 is 0 Å². The molecule has 0 aliphatic rings. The average Bonchev–Trinajstić information content (AvgIpc) is 2.16. The lowest BCUT2D eigenvalue weighted by molar-refractivity contribution is -0.134. The lowest BCUT2D eigenvalue weighted by Gasteiger charge is -1.95. The van der Waals surface area contributed by atoms with Gasteiger partial charge in [-0.25, -0.2) is 0 Å². The molecule has 88 valence electrons. The Morgan fingerprint density at radius 2 is 1.81 bits per heavy atom. The number of benzene rings is 1. The van der Waals surface area contributed by atoms with Crippen molar-refractivity contribution in [2.24, 2.45) is 0 Å². The third kappa shape index (κ3) is 9.24. The molecule has 1 atom stereocenters. The van der Waals surface area contributed by atoms with Crippen molar-refractivity contribution in [1.29, 1.82) is 0 Å². The van der Waals surface area contributed by atoms with E-state index in [9.17, 15) is 0 Å².